The fraction of sp³-hybridized carbons (Fsp3) is 0.167. The van der Waals surface area contributed by atoms with Crippen LogP contribution in [0, 0.1) is 6.92 Å². The van der Waals surface area contributed by atoms with Crippen LogP contribution in [0.1, 0.15) is 11.1 Å². The summed E-state index contributed by atoms with van der Waals surface area (Å²) in [7, 11) is 0. The van der Waals surface area contributed by atoms with Crippen LogP contribution in [0.2, 0.25) is 5.02 Å². The lowest BCUT2D eigenvalue weighted by atomic mass is 10.2. The number of hydrogen-bond acceptors (Lipinski definition) is 5. The fourth-order valence-electron chi connectivity index (χ4n) is 1.86. The molecule has 0 aliphatic heterocycles. The smallest absolute Gasteiger partial charge is 0.341 e. The second-order valence-electron chi connectivity index (χ2n) is 5.24. The van der Waals surface area contributed by atoms with Gasteiger partial charge in [0.2, 0.25) is 0 Å². The molecular weight excluding hydrogens is 360 g/mol. The second kappa shape index (κ2) is 9.43. The van der Waals surface area contributed by atoms with Crippen molar-refractivity contribution in [1.29, 1.82) is 0 Å². The molecule has 7 nitrogen and oxygen atoms in total. The highest BCUT2D eigenvalue weighted by molar-refractivity contribution is 6.31. The minimum Gasteiger partial charge on any atom is -0.484 e. The highest BCUT2D eigenvalue weighted by Gasteiger charge is 2.03. The molecule has 8 heteroatoms. The van der Waals surface area contributed by atoms with Crippen molar-refractivity contribution < 1.29 is 24.2 Å². The van der Waals surface area contributed by atoms with E-state index in [0.717, 1.165) is 5.56 Å². The summed E-state index contributed by atoms with van der Waals surface area (Å²) in [5.41, 5.74) is 3.92. The zero-order valence-corrected chi connectivity index (χ0v) is 14.7. The molecule has 0 atom stereocenters. The average Bonchev–Trinajstić information content (AvgIpc) is 2.62. The number of hydrazone groups is 1. The van der Waals surface area contributed by atoms with E-state index in [1.165, 1.54) is 6.21 Å². The quantitative estimate of drug-likeness (QED) is 0.545. The maximum absolute atomic E-state index is 11.7. The van der Waals surface area contributed by atoms with Crippen molar-refractivity contribution in [3.63, 3.8) is 0 Å². The van der Waals surface area contributed by atoms with E-state index in [1.54, 1.807) is 42.5 Å². The number of benzene rings is 2. The lowest BCUT2D eigenvalue weighted by Gasteiger charge is -2.06. The summed E-state index contributed by atoms with van der Waals surface area (Å²) < 4.78 is 10.4. The Bertz CT molecular complexity index is 806. The number of aryl methyl sites for hydroxylation is 1. The van der Waals surface area contributed by atoms with Gasteiger partial charge in [-0.25, -0.2) is 10.2 Å². The van der Waals surface area contributed by atoms with Gasteiger partial charge in [-0.15, -0.1) is 0 Å². The van der Waals surface area contributed by atoms with E-state index in [1.807, 2.05) is 6.92 Å². The molecule has 136 valence electrons. The third kappa shape index (κ3) is 6.45. The van der Waals surface area contributed by atoms with Crippen LogP contribution in [0.5, 0.6) is 11.5 Å². The van der Waals surface area contributed by atoms with Crippen molar-refractivity contribution in [3.05, 3.63) is 58.6 Å². The number of rotatable bonds is 8. The van der Waals surface area contributed by atoms with Gasteiger partial charge in [0.15, 0.2) is 13.2 Å². The minimum absolute atomic E-state index is 0.180. The van der Waals surface area contributed by atoms with E-state index >= 15 is 0 Å². The van der Waals surface area contributed by atoms with Crippen molar-refractivity contribution in [2.24, 2.45) is 5.10 Å². The Morgan fingerprint density at radius 2 is 1.77 bits per heavy atom. The first kappa shape index (κ1) is 19.3. The van der Waals surface area contributed by atoms with E-state index in [9.17, 15) is 9.59 Å². The molecule has 0 fully saturated rings. The molecular formula is C18H17ClN2O5. The first-order valence-corrected chi connectivity index (χ1v) is 7.97. The lowest BCUT2D eigenvalue weighted by molar-refractivity contribution is -0.139. The van der Waals surface area contributed by atoms with Gasteiger partial charge >= 0.3 is 5.97 Å². The summed E-state index contributed by atoms with van der Waals surface area (Å²) in [5, 5.41) is 13.0. The van der Waals surface area contributed by atoms with Gasteiger partial charge in [-0.05, 0) is 60.5 Å². The lowest BCUT2D eigenvalue weighted by Crippen LogP contribution is -2.24. The van der Waals surface area contributed by atoms with Gasteiger partial charge in [0.25, 0.3) is 5.91 Å². The standard InChI is InChI=1S/C18H17ClN2O5/c1-12-8-15(6-7-16(12)19)25-10-17(22)21-20-9-13-2-4-14(5-3-13)26-11-18(23)24/h2-9H,10-11H2,1H3,(H,21,22)(H,23,24)/b20-9-. The largest absolute Gasteiger partial charge is 0.484 e. The summed E-state index contributed by atoms with van der Waals surface area (Å²) in [4.78, 5) is 22.1. The summed E-state index contributed by atoms with van der Waals surface area (Å²) in [6.07, 6.45) is 1.45. The number of aliphatic carboxylic acids is 1. The SMILES string of the molecule is Cc1cc(OCC(=O)N/N=C\c2ccc(OCC(=O)O)cc2)ccc1Cl. The third-order valence-corrected chi connectivity index (χ3v) is 3.57. The number of carbonyl (C=O) groups excluding carboxylic acids is 1. The van der Waals surface area contributed by atoms with E-state index in [0.29, 0.717) is 22.1 Å². The van der Waals surface area contributed by atoms with Crippen molar-refractivity contribution in [3.8, 4) is 11.5 Å². The number of nitrogens with one attached hydrogen (secondary N) is 1. The molecule has 2 aromatic carbocycles. The van der Waals surface area contributed by atoms with Gasteiger partial charge in [0, 0.05) is 5.02 Å². The van der Waals surface area contributed by atoms with Gasteiger partial charge in [-0.2, -0.15) is 5.10 Å². The molecule has 0 unspecified atom stereocenters. The van der Waals surface area contributed by atoms with Gasteiger partial charge in [0.1, 0.15) is 11.5 Å². The van der Waals surface area contributed by atoms with Crippen LogP contribution in [0.25, 0.3) is 0 Å². The molecule has 2 N–H and O–H groups in total. The summed E-state index contributed by atoms with van der Waals surface area (Å²) in [5.74, 6) is -0.479. The molecule has 2 aromatic rings. The number of hydrogen-bond donors (Lipinski definition) is 2. The van der Waals surface area contributed by atoms with E-state index in [2.05, 4.69) is 10.5 Å². The normalized spacial score (nSPS) is 10.5. The third-order valence-electron chi connectivity index (χ3n) is 3.14. The molecule has 0 heterocycles. The Balaban J connectivity index is 1.77. The molecule has 0 spiro atoms. The molecule has 2 rings (SSSR count). The Morgan fingerprint density at radius 1 is 1.12 bits per heavy atom. The van der Waals surface area contributed by atoms with E-state index in [4.69, 9.17) is 26.2 Å². The summed E-state index contributed by atoms with van der Waals surface area (Å²) in [6, 6.07) is 11.7. The van der Waals surface area contributed by atoms with Crippen LogP contribution in [-0.2, 0) is 9.59 Å². The Morgan fingerprint density at radius 3 is 2.42 bits per heavy atom. The zero-order chi connectivity index (χ0) is 18.9. The minimum atomic E-state index is -1.05. The molecule has 0 saturated carbocycles. The molecule has 26 heavy (non-hydrogen) atoms. The Labute approximate surface area is 155 Å². The maximum atomic E-state index is 11.7. The monoisotopic (exact) mass is 376 g/mol. The predicted molar refractivity (Wildman–Crippen MR) is 97.0 cm³/mol. The molecule has 0 aliphatic carbocycles. The van der Waals surface area contributed by atoms with Crippen LogP contribution in [-0.4, -0.2) is 36.4 Å². The van der Waals surface area contributed by atoms with Crippen LogP contribution in [0.3, 0.4) is 0 Å². The van der Waals surface area contributed by atoms with Crippen LogP contribution in [0.15, 0.2) is 47.6 Å². The van der Waals surface area contributed by atoms with Crippen molar-refractivity contribution in [1.82, 2.24) is 5.43 Å². The molecule has 0 radical (unpaired) electrons. The number of ether oxygens (including phenoxy) is 2. The first-order valence-electron chi connectivity index (χ1n) is 7.59. The topological polar surface area (TPSA) is 97.2 Å². The maximum Gasteiger partial charge on any atom is 0.341 e. The number of nitrogens with zero attached hydrogens (tertiary/aromatic N) is 1. The Hall–Kier alpha value is -3.06. The highest BCUT2D eigenvalue weighted by atomic mass is 35.5. The average molecular weight is 377 g/mol. The Kier molecular flexibility index (Phi) is 6.99. The van der Waals surface area contributed by atoms with Gasteiger partial charge in [-0.3, -0.25) is 4.79 Å². The van der Waals surface area contributed by atoms with Crippen LogP contribution >= 0.6 is 11.6 Å². The van der Waals surface area contributed by atoms with E-state index in [-0.39, 0.29) is 6.61 Å². The second-order valence-corrected chi connectivity index (χ2v) is 5.65. The number of halogens is 1. The van der Waals surface area contributed by atoms with Crippen molar-refractivity contribution in [2.75, 3.05) is 13.2 Å². The first-order chi connectivity index (χ1) is 12.4. The molecule has 0 saturated heterocycles. The highest BCUT2D eigenvalue weighted by Crippen LogP contribution is 2.20. The van der Waals surface area contributed by atoms with Gasteiger partial charge < -0.3 is 14.6 Å². The van der Waals surface area contributed by atoms with Gasteiger partial charge in [-0.1, -0.05) is 11.6 Å². The van der Waals surface area contributed by atoms with Crippen LogP contribution < -0.4 is 14.9 Å². The molecule has 1 amide bonds. The molecule has 0 aliphatic rings. The molecule has 0 bridgehead atoms. The van der Waals surface area contributed by atoms with Crippen molar-refractivity contribution in [2.45, 2.75) is 6.92 Å². The van der Waals surface area contributed by atoms with E-state index < -0.39 is 18.5 Å². The number of carboxylic acid groups (broad SMARTS) is 1. The van der Waals surface area contributed by atoms with Crippen LogP contribution in [0.4, 0.5) is 0 Å². The molecule has 0 aromatic heterocycles. The van der Waals surface area contributed by atoms with Crippen molar-refractivity contribution >= 4 is 29.7 Å². The number of carboxylic acids is 1. The fourth-order valence-corrected chi connectivity index (χ4v) is 1.98. The summed E-state index contributed by atoms with van der Waals surface area (Å²) in [6.45, 7) is 1.26. The number of amides is 1. The zero-order valence-electron chi connectivity index (χ0n) is 13.9. The predicted octanol–water partition coefficient (Wildman–Crippen LogP) is 2.64. The number of carbonyl (C=O) groups is 2. The van der Waals surface area contributed by atoms with Gasteiger partial charge in [0.05, 0.1) is 6.21 Å². The summed E-state index contributed by atoms with van der Waals surface area (Å²) >= 11 is 5.92.